The summed E-state index contributed by atoms with van der Waals surface area (Å²) < 4.78 is 1.21. The largest absolute Gasteiger partial charge is 0.312 e. The molecule has 0 saturated heterocycles. The lowest BCUT2D eigenvalue weighted by Gasteiger charge is -2.22. The van der Waals surface area contributed by atoms with Gasteiger partial charge >= 0.3 is 0 Å². The molecule has 0 radical (unpaired) electrons. The molecular weight excluding hydrogens is 262 g/mol. The first-order chi connectivity index (χ1) is 7.74. The average molecular weight is 280 g/mol. The number of hydrogen-bond acceptors (Lipinski definition) is 1. The molecule has 2 rings (SSSR count). The van der Waals surface area contributed by atoms with Crippen molar-refractivity contribution in [1.82, 2.24) is 5.32 Å². The molecule has 0 fully saturated rings. The smallest absolute Gasteiger partial charge is 0.0211 e. The van der Waals surface area contributed by atoms with E-state index in [2.05, 4.69) is 53.3 Å². The van der Waals surface area contributed by atoms with Crippen LogP contribution in [0, 0.1) is 6.92 Å². The van der Waals surface area contributed by atoms with E-state index in [1.54, 1.807) is 5.57 Å². The maximum atomic E-state index is 3.61. The van der Waals surface area contributed by atoms with E-state index < -0.39 is 0 Å². The molecule has 0 amide bonds. The minimum absolute atomic E-state index is 1.01. The van der Waals surface area contributed by atoms with Crippen LogP contribution in [0.15, 0.2) is 28.2 Å². The highest BCUT2D eigenvalue weighted by molar-refractivity contribution is 9.10. The standard InChI is InChI=1S/C14H18BrN/c1-3-11-7-8-16-9-13(11)12-5-4-6-14(15)10(12)2/h4-6,16H,3,7-9H2,1-2H3. The van der Waals surface area contributed by atoms with E-state index in [1.807, 2.05) is 0 Å². The van der Waals surface area contributed by atoms with Gasteiger partial charge in [-0.15, -0.1) is 0 Å². The van der Waals surface area contributed by atoms with E-state index in [0.29, 0.717) is 0 Å². The van der Waals surface area contributed by atoms with Gasteiger partial charge in [-0.25, -0.2) is 0 Å². The van der Waals surface area contributed by atoms with Crippen molar-refractivity contribution < 1.29 is 0 Å². The van der Waals surface area contributed by atoms with E-state index in [4.69, 9.17) is 0 Å². The van der Waals surface area contributed by atoms with E-state index in [9.17, 15) is 0 Å². The van der Waals surface area contributed by atoms with Gasteiger partial charge in [0.05, 0.1) is 0 Å². The van der Waals surface area contributed by atoms with Gasteiger partial charge in [0, 0.05) is 11.0 Å². The van der Waals surface area contributed by atoms with Gasteiger partial charge < -0.3 is 5.32 Å². The summed E-state index contributed by atoms with van der Waals surface area (Å²) in [5, 5.41) is 3.47. The first-order valence-electron chi connectivity index (χ1n) is 5.91. The van der Waals surface area contributed by atoms with Gasteiger partial charge in [-0.2, -0.15) is 0 Å². The predicted molar refractivity (Wildman–Crippen MR) is 73.6 cm³/mol. The lowest BCUT2D eigenvalue weighted by atomic mass is 9.91. The van der Waals surface area contributed by atoms with Crippen molar-refractivity contribution >= 4 is 21.5 Å². The highest BCUT2D eigenvalue weighted by atomic mass is 79.9. The minimum atomic E-state index is 1.01. The lowest BCUT2D eigenvalue weighted by Crippen LogP contribution is -2.24. The van der Waals surface area contributed by atoms with Crippen molar-refractivity contribution in [3.8, 4) is 0 Å². The molecule has 0 atom stereocenters. The van der Waals surface area contributed by atoms with Crippen LogP contribution in [0.3, 0.4) is 0 Å². The van der Waals surface area contributed by atoms with Gasteiger partial charge in [-0.1, -0.05) is 40.6 Å². The molecule has 0 saturated carbocycles. The average Bonchev–Trinajstić information content (AvgIpc) is 2.33. The predicted octanol–water partition coefficient (Wildman–Crippen LogP) is 3.91. The fraction of sp³-hybridized carbons (Fsp3) is 0.429. The highest BCUT2D eigenvalue weighted by Crippen LogP contribution is 2.30. The molecule has 1 aliphatic rings. The molecule has 1 aromatic carbocycles. The third-order valence-electron chi connectivity index (χ3n) is 3.35. The molecule has 16 heavy (non-hydrogen) atoms. The van der Waals surface area contributed by atoms with Gasteiger partial charge in [-0.3, -0.25) is 0 Å². The van der Waals surface area contributed by atoms with Crippen molar-refractivity contribution in [3.63, 3.8) is 0 Å². The van der Waals surface area contributed by atoms with Crippen LogP contribution >= 0.6 is 15.9 Å². The first-order valence-corrected chi connectivity index (χ1v) is 6.70. The zero-order valence-corrected chi connectivity index (χ0v) is 11.5. The summed E-state index contributed by atoms with van der Waals surface area (Å²) in [4.78, 5) is 0. The zero-order chi connectivity index (χ0) is 11.5. The second-order valence-corrected chi connectivity index (χ2v) is 5.13. The van der Waals surface area contributed by atoms with E-state index >= 15 is 0 Å². The molecule has 1 aliphatic heterocycles. The second kappa shape index (κ2) is 5.15. The fourth-order valence-electron chi connectivity index (χ4n) is 2.34. The Kier molecular flexibility index (Phi) is 3.82. The normalized spacial score (nSPS) is 16.7. The summed E-state index contributed by atoms with van der Waals surface area (Å²) in [6.07, 6.45) is 2.36. The van der Waals surface area contributed by atoms with Crippen molar-refractivity contribution in [2.45, 2.75) is 26.7 Å². The molecule has 86 valence electrons. The Morgan fingerprint density at radius 2 is 2.19 bits per heavy atom. The second-order valence-electron chi connectivity index (χ2n) is 4.27. The Labute approximate surface area is 106 Å². The van der Waals surface area contributed by atoms with Crippen LogP contribution in [0.25, 0.3) is 5.57 Å². The minimum Gasteiger partial charge on any atom is -0.312 e. The Hall–Kier alpha value is -0.600. The fourth-order valence-corrected chi connectivity index (χ4v) is 2.70. The molecule has 0 aliphatic carbocycles. The van der Waals surface area contributed by atoms with Crippen molar-refractivity contribution in [2.24, 2.45) is 0 Å². The number of halogens is 1. The maximum absolute atomic E-state index is 3.61. The van der Waals surface area contributed by atoms with Gasteiger partial charge in [0.15, 0.2) is 0 Å². The Balaban J connectivity index is 2.49. The van der Waals surface area contributed by atoms with E-state index in [0.717, 1.165) is 13.1 Å². The summed E-state index contributed by atoms with van der Waals surface area (Å²) >= 11 is 3.61. The van der Waals surface area contributed by atoms with Crippen LogP contribution in [-0.4, -0.2) is 13.1 Å². The summed E-state index contributed by atoms with van der Waals surface area (Å²) in [7, 11) is 0. The van der Waals surface area contributed by atoms with Gasteiger partial charge in [-0.05, 0) is 49.1 Å². The summed E-state index contributed by atoms with van der Waals surface area (Å²) in [6, 6.07) is 6.47. The summed E-state index contributed by atoms with van der Waals surface area (Å²) in [5.41, 5.74) is 5.87. The number of benzene rings is 1. The zero-order valence-electron chi connectivity index (χ0n) is 9.94. The first kappa shape index (κ1) is 11.9. The third-order valence-corrected chi connectivity index (χ3v) is 4.21. The lowest BCUT2D eigenvalue weighted by molar-refractivity contribution is 0.699. The third kappa shape index (κ3) is 2.23. The molecule has 1 N–H and O–H groups in total. The molecular formula is C14H18BrN. The van der Waals surface area contributed by atoms with Crippen LogP contribution in [0.2, 0.25) is 0 Å². The SMILES string of the molecule is CCC1=C(c2cccc(Br)c2C)CNCC1. The monoisotopic (exact) mass is 279 g/mol. The number of hydrogen-bond donors (Lipinski definition) is 1. The molecule has 0 spiro atoms. The molecule has 0 bridgehead atoms. The van der Waals surface area contributed by atoms with Crippen molar-refractivity contribution in [3.05, 3.63) is 39.4 Å². The topological polar surface area (TPSA) is 12.0 Å². The molecule has 1 heterocycles. The Bertz CT molecular complexity index is 421. The quantitative estimate of drug-likeness (QED) is 0.866. The van der Waals surface area contributed by atoms with Crippen LogP contribution in [0.5, 0.6) is 0 Å². The molecule has 1 nitrogen and oxygen atoms in total. The number of rotatable bonds is 2. The van der Waals surface area contributed by atoms with E-state index in [1.165, 1.54) is 34.0 Å². The van der Waals surface area contributed by atoms with Crippen LogP contribution in [-0.2, 0) is 0 Å². The maximum Gasteiger partial charge on any atom is 0.0211 e. The van der Waals surface area contributed by atoms with E-state index in [-0.39, 0.29) is 0 Å². The Morgan fingerprint density at radius 3 is 2.94 bits per heavy atom. The van der Waals surface area contributed by atoms with Gasteiger partial charge in [0.25, 0.3) is 0 Å². The van der Waals surface area contributed by atoms with Gasteiger partial charge in [0.2, 0.25) is 0 Å². The number of nitrogens with one attached hydrogen (secondary N) is 1. The molecule has 0 unspecified atom stereocenters. The van der Waals surface area contributed by atoms with Crippen molar-refractivity contribution in [2.75, 3.05) is 13.1 Å². The van der Waals surface area contributed by atoms with Crippen LogP contribution in [0.4, 0.5) is 0 Å². The van der Waals surface area contributed by atoms with Crippen LogP contribution < -0.4 is 5.32 Å². The molecule has 1 aromatic rings. The highest BCUT2D eigenvalue weighted by Gasteiger charge is 2.14. The summed E-state index contributed by atoms with van der Waals surface area (Å²) in [6.45, 7) is 6.59. The summed E-state index contributed by atoms with van der Waals surface area (Å²) in [5.74, 6) is 0. The Morgan fingerprint density at radius 1 is 1.38 bits per heavy atom. The van der Waals surface area contributed by atoms with Crippen LogP contribution in [0.1, 0.15) is 30.9 Å². The van der Waals surface area contributed by atoms with Crippen molar-refractivity contribution in [1.29, 1.82) is 0 Å². The molecule has 0 aromatic heterocycles. The van der Waals surface area contributed by atoms with Gasteiger partial charge in [0.1, 0.15) is 0 Å². The molecule has 2 heteroatoms.